The second-order valence-electron chi connectivity index (χ2n) is 5.38. The summed E-state index contributed by atoms with van der Waals surface area (Å²) in [7, 11) is 1.61. The molecule has 0 radical (unpaired) electrons. The van der Waals surface area contributed by atoms with Crippen LogP contribution >= 0.6 is 21.6 Å². The van der Waals surface area contributed by atoms with E-state index in [2.05, 4.69) is 0 Å². The van der Waals surface area contributed by atoms with Gasteiger partial charge in [-0.2, -0.15) is 0 Å². The van der Waals surface area contributed by atoms with Crippen molar-refractivity contribution in [3.63, 3.8) is 0 Å². The summed E-state index contributed by atoms with van der Waals surface area (Å²) in [6.45, 7) is 2.61. The summed E-state index contributed by atoms with van der Waals surface area (Å²) in [6.07, 6.45) is 0. The van der Waals surface area contributed by atoms with E-state index in [9.17, 15) is 19.2 Å². The van der Waals surface area contributed by atoms with E-state index < -0.39 is 46.7 Å². The molecule has 0 aliphatic carbocycles. The van der Waals surface area contributed by atoms with E-state index in [1.807, 2.05) is 0 Å². The summed E-state index contributed by atoms with van der Waals surface area (Å²) in [4.78, 5) is 46.2. The Morgan fingerprint density at radius 1 is 0.833 bits per heavy atom. The lowest BCUT2D eigenvalue weighted by Gasteiger charge is -2.26. The van der Waals surface area contributed by atoms with Crippen molar-refractivity contribution in [3.05, 3.63) is 0 Å². The number of ketones is 2. The largest absolute Gasteiger partial charge is 0.480 e. The molecule has 10 nitrogen and oxygen atoms in total. The molecule has 0 saturated carbocycles. The smallest absolute Gasteiger partial charge is 0.332 e. The van der Waals surface area contributed by atoms with Crippen LogP contribution in [0.4, 0.5) is 0 Å². The van der Waals surface area contributed by atoms with Gasteiger partial charge in [-0.1, -0.05) is 21.6 Å². The number of hydrogen-bond donors (Lipinski definition) is 6. The number of carboxylic acids is 2. The van der Waals surface area contributed by atoms with Gasteiger partial charge in [0.15, 0.2) is 22.6 Å². The second-order valence-corrected chi connectivity index (χ2v) is 7.85. The lowest BCUT2D eigenvalue weighted by atomic mass is 9.93. The number of nitrogens with two attached hydrogens (primary N) is 4. The average molecular weight is 382 g/mol. The molecule has 0 saturated heterocycles. The molecular formula is C12H22N4O6S2. The van der Waals surface area contributed by atoms with Gasteiger partial charge in [0.25, 0.3) is 0 Å². The molecule has 0 spiro atoms. The third-order valence-electron chi connectivity index (χ3n) is 3.13. The van der Waals surface area contributed by atoms with Crippen LogP contribution in [0, 0.1) is 0 Å². The van der Waals surface area contributed by atoms with Gasteiger partial charge in [0.1, 0.15) is 0 Å². The number of rotatable bonds is 11. The molecule has 0 aromatic heterocycles. The Kier molecular flexibility index (Phi) is 8.35. The average Bonchev–Trinajstić information content (AvgIpc) is 2.48. The molecule has 0 amide bonds. The Balaban J connectivity index is 4.96. The van der Waals surface area contributed by atoms with E-state index in [0.29, 0.717) is 0 Å². The first-order chi connectivity index (χ1) is 10.8. The van der Waals surface area contributed by atoms with Crippen LogP contribution < -0.4 is 22.9 Å². The van der Waals surface area contributed by atoms with Gasteiger partial charge in [0.2, 0.25) is 0 Å². The highest BCUT2D eigenvalue weighted by Gasteiger charge is 2.45. The SMILES string of the molecule is C[C@H](N)C(=O)[C@](N)(CSSC[C@](N)(C(=O)O)C(=O)[C@H](C)N)C(=O)O. The monoisotopic (exact) mass is 382 g/mol. The van der Waals surface area contributed by atoms with Crippen molar-refractivity contribution in [1.29, 1.82) is 0 Å². The summed E-state index contributed by atoms with van der Waals surface area (Å²) in [5.41, 5.74) is 17.5. The number of aliphatic carboxylic acids is 2. The molecule has 0 aromatic rings. The number of carboxylic acid groups (broad SMARTS) is 2. The Hall–Kier alpha value is -1.18. The maximum Gasteiger partial charge on any atom is 0.332 e. The van der Waals surface area contributed by atoms with Crippen LogP contribution in [0.3, 0.4) is 0 Å². The van der Waals surface area contributed by atoms with Crippen LogP contribution in [0.5, 0.6) is 0 Å². The molecule has 0 aliphatic heterocycles. The normalized spacial score (nSPS) is 18.8. The highest BCUT2D eigenvalue weighted by molar-refractivity contribution is 8.76. The summed E-state index contributed by atoms with van der Waals surface area (Å²) in [5.74, 6) is -5.60. The first-order valence-corrected chi connectivity index (χ1v) is 9.18. The zero-order chi connectivity index (χ0) is 19.3. The van der Waals surface area contributed by atoms with E-state index in [0.717, 1.165) is 21.6 Å². The molecular weight excluding hydrogens is 360 g/mol. The number of hydrogen-bond acceptors (Lipinski definition) is 10. The zero-order valence-electron chi connectivity index (χ0n) is 13.2. The fraction of sp³-hybridized carbons (Fsp3) is 0.667. The van der Waals surface area contributed by atoms with Gasteiger partial charge in [-0.3, -0.25) is 9.59 Å². The Bertz CT molecular complexity index is 484. The molecule has 0 unspecified atom stereocenters. The molecule has 12 heteroatoms. The van der Waals surface area contributed by atoms with E-state index in [-0.39, 0.29) is 11.5 Å². The molecule has 0 aromatic carbocycles. The highest BCUT2D eigenvalue weighted by Crippen LogP contribution is 2.29. The number of carbonyl (C=O) groups excluding carboxylic acids is 2. The minimum atomic E-state index is -2.22. The van der Waals surface area contributed by atoms with Gasteiger partial charge >= 0.3 is 11.9 Å². The predicted octanol–water partition coefficient (Wildman–Crippen LogP) is -2.24. The predicted molar refractivity (Wildman–Crippen MR) is 91.3 cm³/mol. The van der Waals surface area contributed by atoms with Crippen LogP contribution in [-0.2, 0) is 19.2 Å². The highest BCUT2D eigenvalue weighted by atomic mass is 33.1. The maximum atomic E-state index is 11.9. The van der Waals surface area contributed by atoms with E-state index >= 15 is 0 Å². The van der Waals surface area contributed by atoms with Crippen molar-refractivity contribution >= 4 is 45.1 Å². The zero-order valence-corrected chi connectivity index (χ0v) is 14.9. The van der Waals surface area contributed by atoms with Gasteiger partial charge in [0.05, 0.1) is 12.1 Å². The van der Waals surface area contributed by atoms with Crippen LogP contribution in [0.2, 0.25) is 0 Å². The molecule has 0 bridgehead atoms. The molecule has 10 N–H and O–H groups in total. The van der Waals surface area contributed by atoms with Gasteiger partial charge in [-0.15, -0.1) is 0 Å². The molecule has 0 fully saturated rings. The third-order valence-corrected chi connectivity index (χ3v) is 5.65. The van der Waals surface area contributed by atoms with Crippen molar-refractivity contribution < 1.29 is 29.4 Å². The van der Waals surface area contributed by atoms with Crippen LogP contribution in [-0.4, -0.2) is 68.4 Å². The molecule has 4 atom stereocenters. The first kappa shape index (κ1) is 22.8. The van der Waals surface area contributed by atoms with Crippen molar-refractivity contribution in [1.82, 2.24) is 0 Å². The standard InChI is InChI=1S/C12H22N4O6S2/c1-5(13)7(17)11(15,9(19)20)3-23-24-4-12(16,10(21)22)8(18)6(2)14/h5-6H,3-4,13-16H2,1-2H3,(H,19,20)(H,21,22)/t5-,6-,11+,12+/m0/s1. The minimum Gasteiger partial charge on any atom is -0.480 e. The van der Waals surface area contributed by atoms with Crippen LogP contribution in [0.25, 0.3) is 0 Å². The fourth-order valence-corrected chi connectivity index (χ4v) is 4.24. The third kappa shape index (κ3) is 5.16. The van der Waals surface area contributed by atoms with Crippen LogP contribution in [0.1, 0.15) is 13.8 Å². The molecule has 0 heterocycles. The summed E-state index contributed by atoms with van der Waals surface area (Å²) in [5, 5.41) is 18.3. The minimum absolute atomic E-state index is 0.380. The van der Waals surface area contributed by atoms with Crippen molar-refractivity contribution in [2.75, 3.05) is 11.5 Å². The maximum absolute atomic E-state index is 11.9. The first-order valence-electron chi connectivity index (χ1n) is 6.69. The van der Waals surface area contributed by atoms with Gasteiger partial charge in [0, 0.05) is 11.5 Å². The van der Waals surface area contributed by atoms with Crippen molar-refractivity contribution in [3.8, 4) is 0 Å². The van der Waals surface area contributed by atoms with E-state index in [1.165, 1.54) is 13.8 Å². The molecule has 24 heavy (non-hydrogen) atoms. The topological polar surface area (TPSA) is 213 Å². The Morgan fingerprint density at radius 2 is 1.08 bits per heavy atom. The van der Waals surface area contributed by atoms with Crippen molar-refractivity contribution in [2.24, 2.45) is 22.9 Å². The molecule has 0 rings (SSSR count). The quantitative estimate of drug-likeness (QED) is 0.127. The van der Waals surface area contributed by atoms with E-state index in [1.54, 1.807) is 0 Å². The van der Waals surface area contributed by atoms with Gasteiger partial charge in [-0.25, -0.2) is 9.59 Å². The Morgan fingerprint density at radius 3 is 1.25 bits per heavy atom. The number of carbonyl (C=O) groups is 4. The summed E-state index contributed by atoms with van der Waals surface area (Å²) >= 11 is 0. The van der Waals surface area contributed by atoms with Crippen molar-refractivity contribution in [2.45, 2.75) is 37.0 Å². The Labute approximate surface area is 146 Å². The van der Waals surface area contributed by atoms with Gasteiger partial charge < -0.3 is 33.1 Å². The lowest BCUT2D eigenvalue weighted by Crippen LogP contribution is -2.62. The fourth-order valence-electron chi connectivity index (χ4n) is 1.56. The van der Waals surface area contributed by atoms with Gasteiger partial charge in [-0.05, 0) is 13.8 Å². The molecule has 0 aliphatic rings. The summed E-state index contributed by atoms with van der Waals surface area (Å²) in [6, 6.07) is -2.16. The second kappa shape index (κ2) is 8.78. The molecule has 138 valence electrons. The van der Waals surface area contributed by atoms with E-state index in [4.69, 9.17) is 33.1 Å². The number of Topliss-reactive ketones (excluding diaryl/α,β-unsaturated/α-hetero) is 2. The summed E-state index contributed by atoms with van der Waals surface area (Å²) < 4.78 is 0. The van der Waals surface area contributed by atoms with Crippen LogP contribution in [0.15, 0.2) is 0 Å². The lowest BCUT2D eigenvalue weighted by molar-refractivity contribution is -0.149.